The molecule has 0 saturated heterocycles. The summed E-state index contributed by atoms with van der Waals surface area (Å²) in [5, 5.41) is 6.08. The Morgan fingerprint density at radius 2 is 1.67 bits per heavy atom. The third-order valence-electron chi connectivity index (χ3n) is 3.60. The van der Waals surface area contributed by atoms with Gasteiger partial charge in [-0.2, -0.15) is 5.16 Å². The average Bonchev–Trinajstić information content (AvgIpc) is 2.99. The maximum atomic E-state index is 11.9. The quantitative estimate of drug-likeness (QED) is 0.574. The van der Waals surface area contributed by atoms with Gasteiger partial charge in [0.2, 0.25) is 0 Å². The van der Waals surface area contributed by atoms with E-state index < -0.39 is 0 Å². The summed E-state index contributed by atoms with van der Waals surface area (Å²) in [6, 6.07) is 22.5. The van der Waals surface area contributed by atoms with E-state index >= 15 is 0 Å². The van der Waals surface area contributed by atoms with Gasteiger partial charge in [-0.05, 0) is 36.4 Å². The van der Waals surface area contributed by atoms with Crippen LogP contribution in [0.25, 0.3) is 11.0 Å². The molecule has 0 aliphatic rings. The number of aromatic nitrogens is 1. The number of fused-ring (bicyclic) bond motifs is 1. The Morgan fingerprint density at radius 1 is 0.875 bits per heavy atom. The molecule has 0 fully saturated rings. The van der Waals surface area contributed by atoms with E-state index in [1.165, 1.54) is 0 Å². The van der Waals surface area contributed by atoms with Crippen molar-refractivity contribution in [3.8, 4) is 11.5 Å². The summed E-state index contributed by atoms with van der Waals surface area (Å²) in [6.45, 7) is 0. The van der Waals surface area contributed by atoms with Gasteiger partial charge in [-0.25, -0.2) is 0 Å². The van der Waals surface area contributed by atoms with Gasteiger partial charge in [0.1, 0.15) is 16.9 Å². The van der Waals surface area contributed by atoms with Gasteiger partial charge < -0.3 is 14.6 Å². The molecular formula is C19H14N2O3. The number of nitrogens with one attached hydrogen (secondary N) is 2. The van der Waals surface area contributed by atoms with Crippen LogP contribution in [0, 0.1) is 0 Å². The number of hydrogen-bond donors (Lipinski definition) is 2. The van der Waals surface area contributed by atoms with Gasteiger partial charge in [-0.3, -0.25) is 4.79 Å². The molecule has 4 aromatic rings. The van der Waals surface area contributed by atoms with Crippen LogP contribution in [-0.2, 0) is 0 Å². The number of benzene rings is 3. The van der Waals surface area contributed by atoms with Crippen molar-refractivity contribution in [2.75, 3.05) is 5.32 Å². The molecule has 118 valence electrons. The smallest absolute Gasteiger partial charge is 0.289 e. The summed E-state index contributed by atoms with van der Waals surface area (Å²) in [6.07, 6.45) is 0. The van der Waals surface area contributed by atoms with Crippen molar-refractivity contribution in [2.45, 2.75) is 0 Å². The molecule has 3 aromatic carbocycles. The van der Waals surface area contributed by atoms with Crippen LogP contribution in [0.1, 0.15) is 0 Å². The lowest BCUT2D eigenvalue weighted by molar-refractivity contribution is 0.449. The van der Waals surface area contributed by atoms with Gasteiger partial charge in [-0.15, -0.1) is 0 Å². The highest BCUT2D eigenvalue weighted by Gasteiger charge is 2.09. The van der Waals surface area contributed by atoms with Crippen LogP contribution < -0.4 is 15.6 Å². The Morgan fingerprint density at radius 3 is 2.54 bits per heavy atom. The fourth-order valence-electron chi connectivity index (χ4n) is 2.52. The Balaban J connectivity index is 1.64. The van der Waals surface area contributed by atoms with Gasteiger partial charge in [0, 0.05) is 11.8 Å². The van der Waals surface area contributed by atoms with E-state index in [1.54, 1.807) is 6.07 Å². The van der Waals surface area contributed by atoms with Gasteiger partial charge in [0.25, 0.3) is 5.56 Å². The van der Waals surface area contributed by atoms with E-state index in [2.05, 4.69) is 10.5 Å². The topological polar surface area (TPSA) is 67.3 Å². The minimum Gasteiger partial charge on any atom is -0.457 e. The molecule has 5 nitrogen and oxygen atoms in total. The number of anilines is 2. The zero-order valence-corrected chi connectivity index (χ0v) is 12.7. The number of para-hydroxylation sites is 1. The third-order valence-corrected chi connectivity index (χ3v) is 3.60. The minimum atomic E-state index is -0.259. The summed E-state index contributed by atoms with van der Waals surface area (Å²) in [4.78, 5) is 11.9. The molecule has 24 heavy (non-hydrogen) atoms. The van der Waals surface area contributed by atoms with Gasteiger partial charge in [0.05, 0.1) is 5.69 Å². The summed E-state index contributed by atoms with van der Waals surface area (Å²) in [5.41, 5.74) is 1.75. The summed E-state index contributed by atoms with van der Waals surface area (Å²) in [7, 11) is 0. The molecular weight excluding hydrogens is 304 g/mol. The van der Waals surface area contributed by atoms with Gasteiger partial charge in [0.15, 0.2) is 5.58 Å². The third kappa shape index (κ3) is 2.75. The van der Waals surface area contributed by atoms with Crippen LogP contribution in [0.3, 0.4) is 0 Å². The molecule has 1 heterocycles. The fourth-order valence-corrected chi connectivity index (χ4v) is 2.52. The Hall–Kier alpha value is -3.47. The van der Waals surface area contributed by atoms with Crippen molar-refractivity contribution in [1.82, 2.24) is 5.16 Å². The highest BCUT2D eigenvalue weighted by atomic mass is 16.5. The summed E-state index contributed by atoms with van der Waals surface area (Å²) >= 11 is 0. The average molecular weight is 318 g/mol. The van der Waals surface area contributed by atoms with Crippen LogP contribution >= 0.6 is 0 Å². The van der Waals surface area contributed by atoms with E-state index in [9.17, 15) is 4.79 Å². The van der Waals surface area contributed by atoms with Crippen molar-refractivity contribution in [1.29, 1.82) is 0 Å². The molecule has 5 heteroatoms. The normalized spacial score (nSPS) is 10.7. The molecule has 0 atom stereocenters. The maximum absolute atomic E-state index is 11.9. The molecule has 0 aliphatic carbocycles. The molecule has 0 bridgehead atoms. The first-order valence-corrected chi connectivity index (χ1v) is 7.50. The van der Waals surface area contributed by atoms with E-state index in [1.807, 2.05) is 66.7 Å². The number of H-pyrrole nitrogens is 1. The first-order chi connectivity index (χ1) is 11.8. The molecule has 0 unspecified atom stereocenters. The van der Waals surface area contributed by atoms with Gasteiger partial charge >= 0.3 is 0 Å². The highest BCUT2D eigenvalue weighted by Crippen LogP contribution is 2.28. The molecule has 0 aliphatic heterocycles. The monoisotopic (exact) mass is 318 g/mol. The van der Waals surface area contributed by atoms with Crippen LogP contribution in [0.5, 0.6) is 11.5 Å². The summed E-state index contributed by atoms with van der Waals surface area (Å²) < 4.78 is 11.0. The fraction of sp³-hybridized carbons (Fsp3) is 0. The van der Waals surface area contributed by atoms with Gasteiger partial charge in [-0.1, -0.05) is 30.3 Å². The number of rotatable bonds is 4. The molecule has 0 spiro atoms. The van der Waals surface area contributed by atoms with E-state index in [4.69, 9.17) is 9.26 Å². The molecule has 0 saturated carbocycles. The van der Waals surface area contributed by atoms with Crippen molar-refractivity contribution < 1.29 is 9.26 Å². The Labute approximate surface area is 137 Å². The van der Waals surface area contributed by atoms with Crippen LogP contribution in [0.15, 0.2) is 82.1 Å². The standard InChI is InChI=1S/C19H14N2O3/c22-19-18-16(10-5-11-17(18)24-21-19)20-13-6-4-9-15(12-13)23-14-7-2-1-3-8-14/h1-12,20H,(H,21,22). The predicted octanol–water partition coefficient (Wildman–Crippen LogP) is 4.66. The molecule has 4 rings (SSSR count). The zero-order valence-electron chi connectivity index (χ0n) is 12.7. The van der Waals surface area contributed by atoms with Crippen molar-refractivity contribution in [2.24, 2.45) is 0 Å². The Bertz CT molecular complexity index is 1040. The SMILES string of the molecule is O=c1[nH]oc2cccc(Nc3cccc(Oc4ccccc4)c3)c12. The zero-order chi connectivity index (χ0) is 16.4. The maximum Gasteiger partial charge on any atom is 0.289 e. The highest BCUT2D eigenvalue weighted by molar-refractivity contribution is 5.91. The van der Waals surface area contributed by atoms with E-state index in [0.29, 0.717) is 22.4 Å². The second-order valence-electron chi connectivity index (χ2n) is 5.28. The lowest BCUT2D eigenvalue weighted by atomic mass is 10.2. The van der Waals surface area contributed by atoms with Crippen LogP contribution in [0.4, 0.5) is 11.4 Å². The largest absolute Gasteiger partial charge is 0.457 e. The second-order valence-corrected chi connectivity index (χ2v) is 5.28. The first kappa shape index (κ1) is 14.1. The van der Waals surface area contributed by atoms with Crippen molar-refractivity contribution in [3.05, 3.63) is 83.2 Å². The Kier molecular flexibility index (Phi) is 3.51. The molecule has 0 amide bonds. The second kappa shape index (κ2) is 5.96. The van der Waals surface area contributed by atoms with E-state index in [-0.39, 0.29) is 5.56 Å². The van der Waals surface area contributed by atoms with Crippen molar-refractivity contribution in [3.63, 3.8) is 0 Å². The summed E-state index contributed by atoms with van der Waals surface area (Å²) in [5.74, 6) is 1.47. The van der Waals surface area contributed by atoms with Crippen LogP contribution in [0.2, 0.25) is 0 Å². The van der Waals surface area contributed by atoms with E-state index in [0.717, 1.165) is 11.4 Å². The molecule has 0 radical (unpaired) electrons. The van der Waals surface area contributed by atoms with Crippen LogP contribution in [-0.4, -0.2) is 5.16 Å². The minimum absolute atomic E-state index is 0.259. The number of ether oxygens (including phenoxy) is 1. The number of hydrogen-bond acceptors (Lipinski definition) is 4. The first-order valence-electron chi connectivity index (χ1n) is 7.50. The predicted molar refractivity (Wildman–Crippen MR) is 93.1 cm³/mol. The lowest BCUT2D eigenvalue weighted by Crippen LogP contribution is -2.01. The molecule has 2 N–H and O–H groups in total. The lowest BCUT2D eigenvalue weighted by Gasteiger charge is -2.10. The van der Waals surface area contributed by atoms with Crippen molar-refractivity contribution >= 4 is 22.3 Å². The number of aromatic amines is 1. The molecule has 1 aromatic heterocycles.